The van der Waals surface area contributed by atoms with Gasteiger partial charge in [-0.15, -0.1) is 5.10 Å². The fourth-order valence-electron chi connectivity index (χ4n) is 1.06. The first-order valence-corrected chi connectivity index (χ1v) is 4.12. The Morgan fingerprint density at radius 1 is 1.50 bits per heavy atom. The molecule has 0 saturated heterocycles. The highest BCUT2D eigenvalue weighted by Crippen LogP contribution is 2.22. The van der Waals surface area contributed by atoms with Gasteiger partial charge in [-0.2, -0.15) is 0 Å². The third-order valence-electron chi connectivity index (χ3n) is 1.64. The number of halogens is 2. The number of aryl methyl sites for hydroxylation is 1. The highest BCUT2D eigenvalue weighted by molar-refractivity contribution is 9.10. The number of hydrogen-bond donors (Lipinski definition) is 0. The summed E-state index contributed by atoms with van der Waals surface area (Å²) in [5, 5.41) is 7.63. The van der Waals surface area contributed by atoms with Gasteiger partial charge < -0.3 is 0 Å². The lowest BCUT2D eigenvalue weighted by Crippen LogP contribution is -1.89. The van der Waals surface area contributed by atoms with Crippen LogP contribution in [-0.2, 0) is 7.05 Å². The second-order valence-electron chi connectivity index (χ2n) is 2.47. The van der Waals surface area contributed by atoms with E-state index >= 15 is 0 Å². The number of hydrogen-bond acceptors (Lipinski definition) is 2. The molecule has 0 aliphatic rings. The van der Waals surface area contributed by atoms with Crippen molar-refractivity contribution in [3.05, 3.63) is 22.4 Å². The Hall–Kier alpha value is -0.970. The van der Waals surface area contributed by atoms with Gasteiger partial charge in [-0.25, -0.2) is 9.07 Å². The summed E-state index contributed by atoms with van der Waals surface area (Å²) < 4.78 is 15.0. The molecule has 3 nitrogen and oxygen atoms in total. The zero-order chi connectivity index (χ0) is 8.72. The van der Waals surface area contributed by atoms with E-state index in [-0.39, 0.29) is 5.82 Å². The Morgan fingerprint density at radius 3 is 3.00 bits per heavy atom. The monoisotopic (exact) mass is 229 g/mol. The highest BCUT2D eigenvalue weighted by Gasteiger charge is 2.06. The zero-order valence-electron chi connectivity index (χ0n) is 6.25. The average molecular weight is 230 g/mol. The summed E-state index contributed by atoms with van der Waals surface area (Å²) in [6.45, 7) is 0. The Labute approximate surface area is 76.3 Å². The van der Waals surface area contributed by atoms with E-state index in [1.165, 1.54) is 16.8 Å². The molecule has 2 rings (SSSR count). The van der Waals surface area contributed by atoms with E-state index in [4.69, 9.17) is 0 Å². The van der Waals surface area contributed by atoms with Crippen LogP contribution < -0.4 is 0 Å². The lowest BCUT2D eigenvalue weighted by atomic mass is 10.3. The number of rotatable bonds is 0. The minimum Gasteiger partial charge on any atom is -0.248 e. The van der Waals surface area contributed by atoms with Gasteiger partial charge in [-0.1, -0.05) is 5.21 Å². The van der Waals surface area contributed by atoms with E-state index in [0.717, 1.165) is 0 Å². The first-order valence-electron chi connectivity index (χ1n) is 3.33. The Morgan fingerprint density at radius 2 is 2.25 bits per heavy atom. The van der Waals surface area contributed by atoms with Crippen LogP contribution >= 0.6 is 15.9 Å². The number of nitrogens with zero attached hydrogens (tertiary/aromatic N) is 3. The quantitative estimate of drug-likeness (QED) is 0.691. The van der Waals surface area contributed by atoms with Crippen LogP contribution in [-0.4, -0.2) is 15.0 Å². The molecule has 0 bridgehead atoms. The fraction of sp³-hybridized carbons (Fsp3) is 0.143. The SMILES string of the molecule is Cn1nnc2c(Br)cc(F)cc21. The van der Waals surface area contributed by atoms with Gasteiger partial charge in [0.1, 0.15) is 11.3 Å². The van der Waals surface area contributed by atoms with Crippen molar-refractivity contribution >= 4 is 27.0 Å². The number of aromatic nitrogens is 3. The molecular weight excluding hydrogens is 225 g/mol. The molecule has 0 amide bonds. The molecule has 0 fully saturated rings. The van der Waals surface area contributed by atoms with Gasteiger partial charge in [0.15, 0.2) is 0 Å². The zero-order valence-corrected chi connectivity index (χ0v) is 7.84. The van der Waals surface area contributed by atoms with Gasteiger partial charge in [0.2, 0.25) is 0 Å². The minimum absolute atomic E-state index is 0.292. The lowest BCUT2D eigenvalue weighted by molar-refractivity contribution is 0.627. The van der Waals surface area contributed by atoms with E-state index in [1.807, 2.05) is 0 Å². The van der Waals surface area contributed by atoms with Crippen molar-refractivity contribution in [2.75, 3.05) is 0 Å². The van der Waals surface area contributed by atoms with Gasteiger partial charge in [0.05, 0.1) is 9.99 Å². The molecule has 2 aromatic rings. The third-order valence-corrected chi connectivity index (χ3v) is 2.24. The second-order valence-corrected chi connectivity index (χ2v) is 3.32. The van der Waals surface area contributed by atoms with Crippen molar-refractivity contribution < 1.29 is 4.39 Å². The molecule has 0 radical (unpaired) electrons. The van der Waals surface area contributed by atoms with E-state index in [1.54, 1.807) is 7.05 Å². The fourth-order valence-corrected chi connectivity index (χ4v) is 1.56. The van der Waals surface area contributed by atoms with Crippen LogP contribution in [0.25, 0.3) is 11.0 Å². The van der Waals surface area contributed by atoms with Crippen LogP contribution in [0.15, 0.2) is 16.6 Å². The topological polar surface area (TPSA) is 30.7 Å². The second kappa shape index (κ2) is 2.52. The first-order chi connectivity index (χ1) is 5.68. The van der Waals surface area contributed by atoms with E-state index in [9.17, 15) is 4.39 Å². The van der Waals surface area contributed by atoms with E-state index in [2.05, 4.69) is 26.2 Å². The van der Waals surface area contributed by atoms with Gasteiger partial charge in [-0.05, 0) is 22.0 Å². The summed E-state index contributed by atoms with van der Waals surface area (Å²) in [7, 11) is 1.72. The minimum atomic E-state index is -0.292. The van der Waals surface area contributed by atoms with E-state index in [0.29, 0.717) is 15.5 Å². The highest BCUT2D eigenvalue weighted by atomic mass is 79.9. The van der Waals surface area contributed by atoms with Crippen molar-refractivity contribution in [2.45, 2.75) is 0 Å². The summed E-state index contributed by atoms with van der Waals surface area (Å²) in [5.41, 5.74) is 1.36. The summed E-state index contributed by atoms with van der Waals surface area (Å²) >= 11 is 3.21. The van der Waals surface area contributed by atoms with Gasteiger partial charge in [-0.3, -0.25) is 0 Å². The maximum Gasteiger partial charge on any atom is 0.127 e. The van der Waals surface area contributed by atoms with Crippen LogP contribution in [0.2, 0.25) is 0 Å². The molecular formula is C7H5BrFN3. The van der Waals surface area contributed by atoms with Crippen LogP contribution in [0.3, 0.4) is 0 Å². The molecule has 0 atom stereocenters. The molecule has 0 unspecified atom stereocenters. The van der Waals surface area contributed by atoms with Crippen molar-refractivity contribution in [1.29, 1.82) is 0 Å². The van der Waals surface area contributed by atoms with Crippen molar-refractivity contribution in [2.24, 2.45) is 7.05 Å². The molecule has 0 spiro atoms. The molecule has 1 aromatic heterocycles. The summed E-state index contributed by atoms with van der Waals surface area (Å²) in [6, 6.07) is 2.77. The summed E-state index contributed by atoms with van der Waals surface area (Å²) in [4.78, 5) is 0. The third kappa shape index (κ3) is 1.01. The molecule has 0 saturated carbocycles. The molecule has 1 aromatic carbocycles. The summed E-state index contributed by atoms with van der Waals surface area (Å²) in [6.07, 6.45) is 0. The van der Waals surface area contributed by atoms with Crippen molar-refractivity contribution in [1.82, 2.24) is 15.0 Å². The van der Waals surface area contributed by atoms with Crippen LogP contribution in [0.5, 0.6) is 0 Å². The largest absolute Gasteiger partial charge is 0.248 e. The Balaban J connectivity index is 2.92. The molecule has 62 valence electrons. The smallest absolute Gasteiger partial charge is 0.127 e. The standard InChI is InChI=1S/C7H5BrFN3/c1-12-6-3-4(9)2-5(8)7(6)10-11-12/h2-3H,1H3. The number of fused-ring (bicyclic) bond motifs is 1. The number of benzene rings is 1. The molecule has 0 N–H and O–H groups in total. The van der Waals surface area contributed by atoms with Gasteiger partial charge >= 0.3 is 0 Å². The lowest BCUT2D eigenvalue weighted by Gasteiger charge is -1.94. The molecule has 0 aliphatic carbocycles. The van der Waals surface area contributed by atoms with Crippen molar-refractivity contribution in [3.63, 3.8) is 0 Å². The molecule has 0 aliphatic heterocycles. The molecule has 12 heavy (non-hydrogen) atoms. The average Bonchev–Trinajstić information content (AvgIpc) is 2.33. The normalized spacial score (nSPS) is 10.9. The van der Waals surface area contributed by atoms with Gasteiger partial charge in [0.25, 0.3) is 0 Å². The summed E-state index contributed by atoms with van der Waals surface area (Å²) in [5.74, 6) is -0.292. The van der Waals surface area contributed by atoms with Crippen molar-refractivity contribution in [3.8, 4) is 0 Å². The maximum atomic E-state index is 12.9. The molecule has 1 heterocycles. The first kappa shape index (κ1) is 7.67. The Bertz CT molecular complexity index is 437. The maximum absolute atomic E-state index is 12.9. The van der Waals surface area contributed by atoms with Crippen LogP contribution in [0.1, 0.15) is 0 Å². The van der Waals surface area contributed by atoms with Crippen LogP contribution in [0.4, 0.5) is 4.39 Å². The predicted octanol–water partition coefficient (Wildman–Crippen LogP) is 1.87. The molecule has 5 heteroatoms. The van der Waals surface area contributed by atoms with Gasteiger partial charge in [0, 0.05) is 13.1 Å². The van der Waals surface area contributed by atoms with Crippen LogP contribution in [0, 0.1) is 5.82 Å². The van der Waals surface area contributed by atoms with E-state index < -0.39 is 0 Å². The predicted molar refractivity (Wildman–Crippen MR) is 46.2 cm³/mol. The Kier molecular flexibility index (Phi) is 1.61.